The molecule has 0 aliphatic heterocycles. The number of halogens is 2. The molecule has 0 saturated heterocycles. The molecular formula is C16H23ClINO. The molecule has 1 aliphatic carbocycles. The van der Waals surface area contributed by atoms with Crippen LogP contribution >= 0.6 is 34.2 Å². The molecule has 2 rings (SSSR count). The van der Waals surface area contributed by atoms with Crippen molar-refractivity contribution in [3.8, 4) is 0 Å². The maximum Gasteiger partial charge on any atom is 0.0665 e. The maximum absolute atomic E-state index is 6.29. The maximum atomic E-state index is 6.29. The third-order valence-corrected chi connectivity index (χ3v) is 5.05. The van der Waals surface area contributed by atoms with E-state index in [1.54, 1.807) is 0 Å². The lowest BCUT2D eigenvalue weighted by Gasteiger charge is -2.52. The molecule has 112 valence electrons. The summed E-state index contributed by atoms with van der Waals surface area (Å²) in [5.41, 5.74) is 1.16. The van der Waals surface area contributed by atoms with Gasteiger partial charge in [0.25, 0.3) is 0 Å². The molecule has 2 unspecified atom stereocenters. The molecule has 0 aromatic heterocycles. The third kappa shape index (κ3) is 3.60. The van der Waals surface area contributed by atoms with E-state index in [1.807, 2.05) is 6.07 Å². The number of nitrogens with one attached hydrogen (secondary N) is 1. The Labute approximate surface area is 140 Å². The number of rotatable bonds is 5. The Bertz CT molecular complexity index is 476. The van der Waals surface area contributed by atoms with Crippen molar-refractivity contribution in [2.45, 2.75) is 46.3 Å². The van der Waals surface area contributed by atoms with Gasteiger partial charge in [-0.1, -0.05) is 39.3 Å². The molecular weight excluding hydrogens is 385 g/mol. The van der Waals surface area contributed by atoms with Gasteiger partial charge >= 0.3 is 0 Å². The van der Waals surface area contributed by atoms with Gasteiger partial charge in [-0.2, -0.15) is 0 Å². The predicted octanol–water partition coefficient (Wildman–Crippen LogP) is 5.20. The highest BCUT2D eigenvalue weighted by molar-refractivity contribution is 14.1. The van der Waals surface area contributed by atoms with Crippen molar-refractivity contribution >= 4 is 39.9 Å². The van der Waals surface area contributed by atoms with E-state index >= 15 is 0 Å². The molecule has 1 aliphatic rings. The zero-order chi connectivity index (χ0) is 14.9. The van der Waals surface area contributed by atoms with Crippen molar-refractivity contribution in [1.82, 2.24) is 0 Å². The Morgan fingerprint density at radius 2 is 2.15 bits per heavy atom. The Balaban J connectivity index is 1.95. The molecule has 1 fully saturated rings. The van der Waals surface area contributed by atoms with Gasteiger partial charge in [0.2, 0.25) is 0 Å². The molecule has 0 spiro atoms. The highest BCUT2D eigenvalue weighted by Gasteiger charge is 2.49. The van der Waals surface area contributed by atoms with E-state index < -0.39 is 0 Å². The van der Waals surface area contributed by atoms with Crippen molar-refractivity contribution in [3.05, 3.63) is 26.8 Å². The Kier molecular flexibility index (Phi) is 5.24. The van der Waals surface area contributed by atoms with Crippen molar-refractivity contribution in [3.63, 3.8) is 0 Å². The van der Waals surface area contributed by atoms with Gasteiger partial charge in [0.15, 0.2) is 0 Å². The van der Waals surface area contributed by atoms with Crippen LogP contribution in [-0.4, -0.2) is 18.8 Å². The van der Waals surface area contributed by atoms with Crippen LogP contribution in [0.3, 0.4) is 0 Å². The standard InChI is InChI=1S/C16H23ClINO/c1-10(2)9-20-15-8-14(16(15,3)4)19-13-6-5-11(18)7-12(13)17/h5-7,10,14-15,19H,8-9H2,1-4H3. The van der Waals surface area contributed by atoms with Crippen LogP contribution < -0.4 is 5.32 Å². The minimum absolute atomic E-state index is 0.140. The van der Waals surface area contributed by atoms with Gasteiger partial charge in [0.05, 0.1) is 16.8 Å². The summed E-state index contributed by atoms with van der Waals surface area (Å²) in [7, 11) is 0. The second-order valence-corrected chi connectivity index (χ2v) is 8.25. The van der Waals surface area contributed by atoms with Gasteiger partial charge in [-0.05, 0) is 53.1 Å². The highest BCUT2D eigenvalue weighted by atomic mass is 127. The SMILES string of the molecule is CC(C)COC1CC(Nc2ccc(I)cc2Cl)C1(C)C. The molecule has 4 heteroatoms. The molecule has 0 radical (unpaired) electrons. The zero-order valence-electron chi connectivity index (χ0n) is 12.5. The summed E-state index contributed by atoms with van der Waals surface area (Å²) >= 11 is 8.56. The second-order valence-electron chi connectivity index (χ2n) is 6.59. The lowest BCUT2D eigenvalue weighted by Crippen LogP contribution is -2.58. The molecule has 20 heavy (non-hydrogen) atoms. The van der Waals surface area contributed by atoms with E-state index in [4.69, 9.17) is 16.3 Å². The summed E-state index contributed by atoms with van der Waals surface area (Å²) in [5, 5.41) is 4.36. The van der Waals surface area contributed by atoms with Crippen LogP contribution in [-0.2, 0) is 4.74 Å². The van der Waals surface area contributed by atoms with Crippen molar-refractivity contribution in [2.24, 2.45) is 11.3 Å². The molecule has 2 nitrogen and oxygen atoms in total. The summed E-state index contributed by atoms with van der Waals surface area (Å²) in [6.45, 7) is 9.74. The molecule has 1 saturated carbocycles. The number of anilines is 1. The zero-order valence-corrected chi connectivity index (χ0v) is 15.5. The van der Waals surface area contributed by atoms with Gasteiger partial charge in [0.1, 0.15) is 0 Å². The number of benzene rings is 1. The lowest BCUT2D eigenvalue weighted by molar-refractivity contribution is -0.108. The minimum Gasteiger partial charge on any atom is -0.380 e. The number of hydrogen-bond donors (Lipinski definition) is 1. The van der Waals surface area contributed by atoms with Gasteiger partial charge < -0.3 is 10.1 Å². The van der Waals surface area contributed by atoms with Crippen molar-refractivity contribution < 1.29 is 4.74 Å². The van der Waals surface area contributed by atoms with Crippen molar-refractivity contribution in [2.75, 3.05) is 11.9 Å². The monoisotopic (exact) mass is 407 g/mol. The molecule has 2 atom stereocenters. The first-order valence-electron chi connectivity index (χ1n) is 7.14. The smallest absolute Gasteiger partial charge is 0.0665 e. The Hall–Kier alpha value is -0.0000000000000000555. The fourth-order valence-corrected chi connectivity index (χ4v) is 3.43. The van der Waals surface area contributed by atoms with Crippen LogP contribution in [0.1, 0.15) is 34.1 Å². The molecule has 0 bridgehead atoms. The third-order valence-electron chi connectivity index (χ3n) is 4.07. The summed E-state index contributed by atoms with van der Waals surface area (Å²) < 4.78 is 7.15. The number of ether oxygens (including phenoxy) is 1. The number of hydrogen-bond acceptors (Lipinski definition) is 2. The minimum atomic E-state index is 0.140. The molecule has 1 aromatic carbocycles. The van der Waals surface area contributed by atoms with Gasteiger partial charge in [-0.3, -0.25) is 0 Å². The average Bonchev–Trinajstić information content (AvgIpc) is 2.34. The molecule has 1 aromatic rings. The first-order chi connectivity index (χ1) is 9.30. The van der Waals surface area contributed by atoms with E-state index in [0.29, 0.717) is 18.1 Å². The van der Waals surface area contributed by atoms with Gasteiger partial charge in [0, 0.05) is 21.6 Å². The fourth-order valence-electron chi connectivity index (χ4n) is 2.52. The molecule has 1 N–H and O–H groups in total. The van der Waals surface area contributed by atoms with E-state index in [2.05, 4.69) is 67.7 Å². The average molecular weight is 408 g/mol. The largest absolute Gasteiger partial charge is 0.380 e. The summed E-state index contributed by atoms with van der Waals surface area (Å²) in [6, 6.07) is 6.54. The van der Waals surface area contributed by atoms with Gasteiger partial charge in [-0.15, -0.1) is 0 Å². The predicted molar refractivity (Wildman–Crippen MR) is 94.6 cm³/mol. The molecule has 0 heterocycles. The van der Waals surface area contributed by atoms with Crippen molar-refractivity contribution in [1.29, 1.82) is 0 Å². The Morgan fingerprint density at radius 1 is 1.45 bits per heavy atom. The topological polar surface area (TPSA) is 21.3 Å². The van der Waals surface area contributed by atoms with Crippen LogP contribution in [0.2, 0.25) is 5.02 Å². The second kappa shape index (κ2) is 6.41. The van der Waals surface area contributed by atoms with E-state index in [0.717, 1.165) is 27.3 Å². The normalized spacial score (nSPS) is 24.6. The van der Waals surface area contributed by atoms with Crippen LogP contribution in [0.4, 0.5) is 5.69 Å². The van der Waals surface area contributed by atoms with Crippen LogP contribution in [0, 0.1) is 14.9 Å². The summed E-state index contributed by atoms with van der Waals surface area (Å²) in [5.74, 6) is 0.587. The Morgan fingerprint density at radius 3 is 2.70 bits per heavy atom. The summed E-state index contributed by atoms with van der Waals surface area (Å²) in [6.07, 6.45) is 1.38. The highest BCUT2D eigenvalue weighted by Crippen LogP contribution is 2.45. The quantitative estimate of drug-likeness (QED) is 0.678. The summed E-state index contributed by atoms with van der Waals surface area (Å²) in [4.78, 5) is 0. The van der Waals surface area contributed by atoms with E-state index in [1.165, 1.54) is 0 Å². The van der Waals surface area contributed by atoms with Crippen LogP contribution in [0.15, 0.2) is 18.2 Å². The lowest BCUT2D eigenvalue weighted by atomic mass is 9.64. The van der Waals surface area contributed by atoms with Crippen LogP contribution in [0.5, 0.6) is 0 Å². The first-order valence-corrected chi connectivity index (χ1v) is 8.59. The van der Waals surface area contributed by atoms with Gasteiger partial charge in [-0.25, -0.2) is 0 Å². The van der Waals surface area contributed by atoms with E-state index in [9.17, 15) is 0 Å². The fraction of sp³-hybridized carbons (Fsp3) is 0.625. The van der Waals surface area contributed by atoms with E-state index in [-0.39, 0.29) is 5.41 Å². The van der Waals surface area contributed by atoms with Crippen LogP contribution in [0.25, 0.3) is 0 Å². The molecule has 0 amide bonds. The first kappa shape index (κ1) is 16.4.